The molecule has 2 heterocycles. The number of ether oxygens (including phenoxy) is 1. The number of aromatic nitrogens is 2. The van der Waals surface area contributed by atoms with Gasteiger partial charge in [-0.25, -0.2) is 4.98 Å². The summed E-state index contributed by atoms with van der Waals surface area (Å²) in [5.74, 6) is 0.867. The molecule has 7 heteroatoms. The summed E-state index contributed by atoms with van der Waals surface area (Å²) < 4.78 is 12.5. The Labute approximate surface area is 145 Å². The number of nitrogens with zero attached hydrogens (tertiary/aromatic N) is 2. The van der Waals surface area contributed by atoms with Crippen LogP contribution in [-0.2, 0) is 16.1 Å². The van der Waals surface area contributed by atoms with Crippen molar-refractivity contribution in [1.82, 2.24) is 14.9 Å². The summed E-state index contributed by atoms with van der Waals surface area (Å²) in [7, 11) is 1.40. The molecule has 0 unspecified atom stereocenters. The Morgan fingerprint density at radius 2 is 2.20 bits per heavy atom. The molecule has 2 fully saturated rings. The van der Waals surface area contributed by atoms with Gasteiger partial charge in [0.2, 0.25) is 0 Å². The van der Waals surface area contributed by atoms with Gasteiger partial charge >= 0.3 is 5.97 Å². The molecule has 4 rings (SSSR count). The van der Waals surface area contributed by atoms with Crippen molar-refractivity contribution in [3.8, 4) is 0 Å². The maximum Gasteiger partial charge on any atom is 0.311 e. The summed E-state index contributed by atoms with van der Waals surface area (Å²) >= 11 is 0. The van der Waals surface area contributed by atoms with Crippen LogP contribution in [0, 0.1) is 17.8 Å². The smallest absolute Gasteiger partial charge is 0.311 e. The second-order valence-corrected chi connectivity index (χ2v) is 6.88. The molecule has 0 aliphatic heterocycles. The van der Waals surface area contributed by atoms with Gasteiger partial charge in [-0.15, -0.1) is 0 Å². The first-order chi connectivity index (χ1) is 12.2. The van der Waals surface area contributed by atoms with Crippen molar-refractivity contribution in [2.24, 2.45) is 17.8 Å². The molecule has 2 saturated carbocycles. The number of carbonyl (C=O) groups is 2. The molecule has 0 radical (unpaired) electrons. The molecular weight excluding hydrogens is 322 g/mol. The fourth-order valence-corrected chi connectivity index (χ4v) is 4.34. The lowest BCUT2D eigenvalue weighted by atomic mass is 9.84. The van der Waals surface area contributed by atoms with E-state index >= 15 is 0 Å². The Morgan fingerprint density at radius 1 is 1.36 bits per heavy atom. The van der Waals surface area contributed by atoms with Gasteiger partial charge in [-0.05, 0) is 43.2 Å². The first-order valence-electron chi connectivity index (χ1n) is 8.59. The SMILES string of the molecule is COC(=O)[C@@H]1[C@H]2CC[C@@H](C2)[C@@H]1NC(=O)c1ccc(Cn2ccnc2)o1. The van der Waals surface area contributed by atoms with E-state index in [1.165, 1.54) is 7.11 Å². The van der Waals surface area contributed by atoms with Crippen molar-refractivity contribution in [3.05, 3.63) is 42.4 Å². The van der Waals surface area contributed by atoms with E-state index in [4.69, 9.17) is 9.15 Å². The van der Waals surface area contributed by atoms with Crippen LogP contribution in [0.1, 0.15) is 35.6 Å². The molecular formula is C18H21N3O4. The van der Waals surface area contributed by atoms with Crippen molar-refractivity contribution in [2.45, 2.75) is 31.8 Å². The first kappa shape index (κ1) is 15.9. The molecule has 1 amide bonds. The van der Waals surface area contributed by atoms with Gasteiger partial charge < -0.3 is 19.0 Å². The van der Waals surface area contributed by atoms with Gasteiger partial charge in [0, 0.05) is 18.4 Å². The number of imidazole rings is 1. The van der Waals surface area contributed by atoms with Crippen LogP contribution >= 0.6 is 0 Å². The molecule has 0 spiro atoms. The van der Waals surface area contributed by atoms with Crippen LogP contribution in [-0.4, -0.2) is 34.6 Å². The lowest BCUT2D eigenvalue weighted by molar-refractivity contribution is -0.148. The highest BCUT2D eigenvalue weighted by atomic mass is 16.5. The molecule has 0 saturated heterocycles. The zero-order valence-electron chi connectivity index (χ0n) is 14.1. The van der Waals surface area contributed by atoms with Crippen LogP contribution in [0.3, 0.4) is 0 Å². The van der Waals surface area contributed by atoms with Crippen molar-refractivity contribution >= 4 is 11.9 Å². The van der Waals surface area contributed by atoms with Crippen LogP contribution in [0.25, 0.3) is 0 Å². The summed E-state index contributed by atoms with van der Waals surface area (Å²) in [6.07, 6.45) is 8.28. The van der Waals surface area contributed by atoms with E-state index in [9.17, 15) is 9.59 Å². The van der Waals surface area contributed by atoms with Gasteiger partial charge in [0.1, 0.15) is 5.76 Å². The predicted octanol–water partition coefficient (Wildman–Crippen LogP) is 1.84. The fraction of sp³-hybridized carbons (Fsp3) is 0.500. The molecule has 0 aromatic carbocycles. The summed E-state index contributed by atoms with van der Waals surface area (Å²) in [4.78, 5) is 28.7. The minimum absolute atomic E-state index is 0.166. The van der Waals surface area contributed by atoms with Gasteiger partial charge in [0.15, 0.2) is 5.76 Å². The van der Waals surface area contributed by atoms with Crippen molar-refractivity contribution in [2.75, 3.05) is 7.11 Å². The Bertz CT molecular complexity index is 767. The van der Waals surface area contributed by atoms with E-state index in [0.29, 0.717) is 24.1 Å². The Kier molecular flexibility index (Phi) is 4.07. The van der Waals surface area contributed by atoms with Gasteiger partial charge in [0.05, 0.1) is 25.9 Å². The molecule has 4 atom stereocenters. The quantitative estimate of drug-likeness (QED) is 0.837. The normalized spacial score (nSPS) is 27.4. The second-order valence-electron chi connectivity index (χ2n) is 6.88. The number of hydrogen-bond acceptors (Lipinski definition) is 5. The molecule has 2 aliphatic carbocycles. The Morgan fingerprint density at radius 3 is 2.96 bits per heavy atom. The lowest BCUT2D eigenvalue weighted by Gasteiger charge is -2.29. The standard InChI is InChI=1S/C18H21N3O4/c1-24-18(23)15-11-2-3-12(8-11)16(15)20-17(22)14-5-4-13(25-14)9-21-7-6-19-10-21/h4-7,10-12,15-16H,2-3,8-9H2,1H3,(H,20,22)/t11-,12-,15+,16-/m0/s1. The molecule has 1 N–H and O–H groups in total. The molecule has 7 nitrogen and oxygen atoms in total. The monoisotopic (exact) mass is 343 g/mol. The lowest BCUT2D eigenvalue weighted by Crippen LogP contribution is -2.47. The number of rotatable bonds is 5. The van der Waals surface area contributed by atoms with E-state index < -0.39 is 0 Å². The molecule has 2 aromatic rings. The van der Waals surface area contributed by atoms with Crippen molar-refractivity contribution < 1.29 is 18.7 Å². The second kappa shape index (κ2) is 6.38. The van der Waals surface area contributed by atoms with Crippen LogP contribution in [0.5, 0.6) is 0 Å². The van der Waals surface area contributed by atoms with Crippen LogP contribution in [0.2, 0.25) is 0 Å². The van der Waals surface area contributed by atoms with E-state index in [1.807, 2.05) is 10.8 Å². The molecule has 2 bridgehead atoms. The highest BCUT2D eigenvalue weighted by molar-refractivity contribution is 5.92. The minimum atomic E-state index is -0.275. The van der Waals surface area contributed by atoms with Crippen molar-refractivity contribution in [1.29, 1.82) is 0 Å². The topological polar surface area (TPSA) is 86.4 Å². The Balaban J connectivity index is 1.44. The molecule has 2 aromatic heterocycles. The molecule has 2 aliphatic rings. The summed E-state index contributed by atoms with van der Waals surface area (Å²) in [6, 6.07) is 3.29. The van der Waals surface area contributed by atoms with Gasteiger partial charge in [-0.3, -0.25) is 9.59 Å². The molecule has 132 valence electrons. The summed E-state index contributed by atoms with van der Waals surface area (Å²) in [5, 5.41) is 3.01. The van der Waals surface area contributed by atoms with Crippen LogP contribution in [0.4, 0.5) is 0 Å². The van der Waals surface area contributed by atoms with Crippen LogP contribution in [0.15, 0.2) is 35.3 Å². The number of methoxy groups -OCH3 is 1. The zero-order chi connectivity index (χ0) is 17.4. The minimum Gasteiger partial charge on any atom is -0.469 e. The van der Waals surface area contributed by atoms with Crippen LogP contribution < -0.4 is 5.32 Å². The van der Waals surface area contributed by atoms with E-state index in [-0.39, 0.29) is 29.6 Å². The summed E-state index contributed by atoms with van der Waals surface area (Å²) in [5.41, 5.74) is 0. The van der Waals surface area contributed by atoms with Gasteiger partial charge in [-0.2, -0.15) is 0 Å². The average Bonchev–Trinajstić information content (AvgIpc) is 3.39. The zero-order valence-corrected chi connectivity index (χ0v) is 14.1. The van der Waals surface area contributed by atoms with Gasteiger partial charge in [0.25, 0.3) is 5.91 Å². The maximum absolute atomic E-state index is 12.6. The predicted molar refractivity (Wildman–Crippen MR) is 87.6 cm³/mol. The third kappa shape index (κ3) is 2.94. The first-order valence-corrected chi connectivity index (χ1v) is 8.59. The van der Waals surface area contributed by atoms with Gasteiger partial charge in [-0.1, -0.05) is 0 Å². The number of nitrogens with one attached hydrogen (secondary N) is 1. The Hall–Kier alpha value is -2.57. The molecule has 25 heavy (non-hydrogen) atoms. The summed E-state index contributed by atoms with van der Waals surface area (Å²) in [6.45, 7) is 0.520. The number of amides is 1. The third-order valence-electron chi connectivity index (χ3n) is 5.47. The highest BCUT2D eigenvalue weighted by Gasteiger charge is 2.52. The number of fused-ring (bicyclic) bond motifs is 2. The number of esters is 1. The number of carbonyl (C=O) groups excluding carboxylic acids is 2. The fourth-order valence-electron chi connectivity index (χ4n) is 4.34. The number of hydrogen-bond donors (Lipinski definition) is 1. The number of furan rings is 1. The van der Waals surface area contributed by atoms with E-state index in [2.05, 4.69) is 10.3 Å². The van der Waals surface area contributed by atoms with E-state index in [1.54, 1.807) is 24.7 Å². The largest absolute Gasteiger partial charge is 0.469 e. The van der Waals surface area contributed by atoms with E-state index in [0.717, 1.165) is 19.3 Å². The average molecular weight is 343 g/mol. The maximum atomic E-state index is 12.6. The van der Waals surface area contributed by atoms with Crippen molar-refractivity contribution in [3.63, 3.8) is 0 Å². The highest BCUT2D eigenvalue weighted by Crippen LogP contribution is 2.49. The third-order valence-corrected chi connectivity index (χ3v) is 5.47.